The van der Waals surface area contributed by atoms with E-state index in [2.05, 4.69) is 4.98 Å². The van der Waals surface area contributed by atoms with Crippen LogP contribution < -0.4 is 14.2 Å². The van der Waals surface area contributed by atoms with E-state index in [1.807, 2.05) is 19.1 Å². The number of nitrogens with zero attached hydrogens (tertiary/aromatic N) is 1. The predicted octanol–water partition coefficient (Wildman–Crippen LogP) is 2.50. The average molecular weight is 289 g/mol. The van der Waals surface area contributed by atoms with Crippen LogP contribution in [0.25, 0.3) is 0 Å². The molecule has 1 atom stereocenters. The molecule has 1 N–H and O–H groups in total. The molecular formula is C16H19NO4. The predicted molar refractivity (Wildman–Crippen MR) is 79.1 cm³/mol. The minimum atomic E-state index is -0.854. The van der Waals surface area contributed by atoms with Crippen molar-refractivity contribution in [1.82, 2.24) is 4.98 Å². The first-order valence-corrected chi connectivity index (χ1v) is 6.51. The summed E-state index contributed by atoms with van der Waals surface area (Å²) in [6.45, 7) is 1.90. The standard InChI is InChI=1S/C16H19NO4/c1-10-5-6-11(9-17-10)14(18)12-7-8-13(19-2)16(21-4)15(12)20-3/h5-9,14,18H,1-4H3. The molecule has 5 heteroatoms. The molecular weight excluding hydrogens is 270 g/mol. The minimum absolute atomic E-state index is 0.449. The van der Waals surface area contributed by atoms with E-state index in [0.29, 0.717) is 28.4 Å². The van der Waals surface area contributed by atoms with Gasteiger partial charge in [-0.1, -0.05) is 6.07 Å². The number of rotatable bonds is 5. The van der Waals surface area contributed by atoms with Crippen molar-refractivity contribution in [2.45, 2.75) is 13.0 Å². The van der Waals surface area contributed by atoms with Crippen molar-refractivity contribution in [1.29, 1.82) is 0 Å². The van der Waals surface area contributed by atoms with Crippen LogP contribution in [0.4, 0.5) is 0 Å². The molecule has 0 fully saturated rings. The third-order valence-electron chi connectivity index (χ3n) is 3.28. The molecule has 2 rings (SSSR count). The number of ether oxygens (including phenoxy) is 3. The number of hydrogen-bond donors (Lipinski definition) is 1. The number of aliphatic hydroxyl groups excluding tert-OH is 1. The van der Waals surface area contributed by atoms with Crippen LogP contribution in [-0.4, -0.2) is 31.4 Å². The van der Waals surface area contributed by atoms with Crippen molar-refractivity contribution in [3.63, 3.8) is 0 Å². The summed E-state index contributed by atoms with van der Waals surface area (Å²) in [6.07, 6.45) is 0.795. The fourth-order valence-electron chi connectivity index (χ4n) is 2.16. The molecule has 0 saturated heterocycles. The van der Waals surface area contributed by atoms with Crippen LogP contribution in [0.5, 0.6) is 17.2 Å². The zero-order valence-electron chi connectivity index (χ0n) is 12.6. The molecule has 21 heavy (non-hydrogen) atoms. The Balaban J connectivity index is 2.50. The van der Waals surface area contributed by atoms with E-state index in [-0.39, 0.29) is 0 Å². The van der Waals surface area contributed by atoms with Gasteiger partial charge in [-0.3, -0.25) is 4.98 Å². The summed E-state index contributed by atoms with van der Waals surface area (Å²) in [4.78, 5) is 4.20. The van der Waals surface area contributed by atoms with Crippen molar-refractivity contribution >= 4 is 0 Å². The van der Waals surface area contributed by atoms with Gasteiger partial charge in [0, 0.05) is 23.0 Å². The molecule has 1 aromatic heterocycles. The molecule has 1 heterocycles. The Kier molecular flexibility index (Phi) is 4.65. The van der Waals surface area contributed by atoms with Crippen molar-refractivity contribution in [2.75, 3.05) is 21.3 Å². The van der Waals surface area contributed by atoms with Gasteiger partial charge in [0.1, 0.15) is 6.10 Å². The molecule has 0 radical (unpaired) electrons. The number of benzene rings is 1. The second-order valence-corrected chi connectivity index (χ2v) is 4.56. The molecule has 0 aliphatic rings. The molecule has 0 spiro atoms. The number of methoxy groups -OCH3 is 3. The van der Waals surface area contributed by atoms with Gasteiger partial charge in [0.25, 0.3) is 0 Å². The van der Waals surface area contributed by atoms with Crippen LogP contribution in [0.3, 0.4) is 0 Å². The number of aryl methyl sites for hydroxylation is 1. The van der Waals surface area contributed by atoms with E-state index in [1.165, 1.54) is 14.2 Å². The lowest BCUT2D eigenvalue weighted by atomic mass is 10.0. The Morgan fingerprint density at radius 1 is 0.952 bits per heavy atom. The summed E-state index contributed by atoms with van der Waals surface area (Å²) in [7, 11) is 4.61. The van der Waals surface area contributed by atoms with Crippen LogP contribution in [-0.2, 0) is 0 Å². The Bertz CT molecular complexity index is 610. The van der Waals surface area contributed by atoms with Gasteiger partial charge in [0.15, 0.2) is 11.5 Å². The Hall–Kier alpha value is -2.27. The van der Waals surface area contributed by atoms with Gasteiger partial charge in [-0.05, 0) is 25.1 Å². The van der Waals surface area contributed by atoms with Gasteiger partial charge in [-0.2, -0.15) is 0 Å². The maximum atomic E-state index is 10.6. The van der Waals surface area contributed by atoms with Crippen LogP contribution in [0.1, 0.15) is 22.9 Å². The van der Waals surface area contributed by atoms with E-state index in [4.69, 9.17) is 14.2 Å². The smallest absolute Gasteiger partial charge is 0.203 e. The summed E-state index contributed by atoms with van der Waals surface area (Å²) >= 11 is 0. The van der Waals surface area contributed by atoms with Crippen LogP contribution >= 0.6 is 0 Å². The van der Waals surface area contributed by atoms with Crippen molar-refractivity contribution in [3.05, 3.63) is 47.3 Å². The molecule has 2 aromatic rings. The fourth-order valence-corrected chi connectivity index (χ4v) is 2.16. The number of hydrogen-bond acceptors (Lipinski definition) is 5. The SMILES string of the molecule is COc1ccc(C(O)c2ccc(C)nc2)c(OC)c1OC. The summed E-state index contributed by atoms with van der Waals surface area (Å²) in [5.41, 5.74) is 2.18. The lowest BCUT2D eigenvalue weighted by Gasteiger charge is -2.19. The van der Waals surface area contributed by atoms with Crippen molar-refractivity contribution < 1.29 is 19.3 Å². The molecule has 0 aliphatic heterocycles. The first-order chi connectivity index (χ1) is 10.1. The minimum Gasteiger partial charge on any atom is -0.493 e. The van der Waals surface area contributed by atoms with E-state index in [9.17, 15) is 5.11 Å². The molecule has 1 unspecified atom stereocenters. The third kappa shape index (κ3) is 2.92. The lowest BCUT2D eigenvalue weighted by Crippen LogP contribution is -2.05. The van der Waals surface area contributed by atoms with Gasteiger partial charge >= 0.3 is 0 Å². The highest BCUT2D eigenvalue weighted by molar-refractivity contribution is 5.57. The van der Waals surface area contributed by atoms with E-state index >= 15 is 0 Å². The van der Waals surface area contributed by atoms with Crippen LogP contribution in [0, 0.1) is 6.92 Å². The van der Waals surface area contributed by atoms with Crippen molar-refractivity contribution in [2.24, 2.45) is 0 Å². The summed E-state index contributed by atoms with van der Waals surface area (Å²) in [5.74, 6) is 1.45. The highest BCUT2D eigenvalue weighted by atomic mass is 16.5. The maximum absolute atomic E-state index is 10.6. The van der Waals surface area contributed by atoms with Gasteiger partial charge in [0.2, 0.25) is 5.75 Å². The molecule has 112 valence electrons. The monoisotopic (exact) mass is 289 g/mol. The number of pyridine rings is 1. The summed E-state index contributed by atoms with van der Waals surface area (Å²) < 4.78 is 16.0. The van der Waals surface area contributed by atoms with Gasteiger partial charge < -0.3 is 19.3 Å². The summed E-state index contributed by atoms with van der Waals surface area (Å²) in [6, 6.07) is 7.18. The van der Waals surface area contributed by atoms with E-state index in [0.717, 1.165) is 5.69 Å². The second-order valence-electron chi connectivity index (χ2n) is 4.56. The molecule has 0 aliphatic carbocycles. The quantitative estimate of drug-likeness (QED) is 0.916. The fraction of sp³-hybridized carbons (Fsp3) is 0.312. The van der Waals surface area contributed by atoms with E-state index < -0.39 is 6.10 Å². The molecule has 0 bridgehead atoms. The normalized spacial score (nSPS) is 11.9. The first kappa shape index (κ1) is 15.1. The maximum Gasteiger partial charge on any atom is 0.203 e. The molecule has 1 aromatic carbocycles. The zero-order valence-corrected chi connectivity index (χ0v) is 12.6. The molecule has 0 amide bonds. The summed E-state index contributed by atoms with van der Waals surface area (Å²) in [5, 5.41) is 10.6. The van der Waals surface area contributed by atoms with E-state index in [1.54, 1.807) is 25.4 Å². The Morgan fingerprint density at radius 2 is 1.67 bits per heavy atom. The van der Waals surface area contributed by atoms with Gasteiger partial charge in [0.05, 0.1) is 21.3 Å². The number of aromatic nitrogens is 1. The topological polar surface area (TPSA) is 60.8 Å². The Labute approximate surface area is 124 Å². The van der Waals surface area contributed by atoms with Gasteiger partial charge in [-0.25, -0.2) is 0 Å². The largest absolute Gasteiger partial charge is 0.493 e. The molecule has 0 saturated carbocycles. The average Bonchev–Trinajstić information content (AvgIpc) is 2.53. The number of aliphatic hydroxyl groups is 1. The molecule has 5 nitrogen and oxygen atoms in total. The second kappa shape index (κ2) is 6.45. The third-order valence-corrected chi connectivity index (χ3v) is 3.28. The van der Waals surface area contributed by atoms with Crippen LogP contribution in [0.2, 0.25) is 0 Å². The highest BCUT2D eigenvalue weighted by Crippen LogP contribution is 2.43. The van der Waals surface area contributed by atoms with Crippen molar-refractivity contribution in [3.8, 4) is 17.2 Å². The lowest BCUT2D eigenvalue weighted by molar-refractivity contribution is 0.212. The van der Waals surface area contributed by atoms with Gasteiger partial charge in [-0.15, -0.1) is 0 Å². The first-order valence-electron chi connectivity index (χ1n) is 6.51. The highest BCUT2D eigenvalue weighted by Gasteiger charge is 2.22. The Morgan fingerprint density at radius 3 is 2.19 bits per heavy atom. The zero-order chi connectivity index (χ0) is 15.4. The van der Waals surface area contributed by atoms with Crippen LogP contribution in [0.15, 0.2) is 30.5 Å².